The zero-order valence-electron chi connectivity index (χ0n) is 13.0. The van der Waals surface area contributed by atoms with E-state index in [0.29, 0.717) is 23.6 Å². The lowest BCUT2D eigenvalue weighted by atomic mass is 10.1. The van der Waals surface area contributed by atoms with Crippen LogP contribution in [0.1, 0.15) is 46.4 Å². The third kappa shape index (κ3) is 2.89. The van der Waals surface area contributed by atoms with Crippen molar-refractivity contribution in [3.8, 4) is 0 Å². The van der Waals surface area contributed by atoms with Crippen molar-refractivity contribution in [2.45, 2.75) is 32.4 Å². The molecule has 1 aliphatic heterocycles. The molecule has 23 heavy (non-hydrogen) atoms. The molecule has 1 fully saturated rings. The van der Waals surface area contributed by atoms with Crippen LogP contribution in [-0.2, 0) is 11.3 Å². The third-order valence-corrected chi connectivity index (χ3v) is 4.05. The van der Waals surface area contributed by atoms with Gasteiger partial charge in [-0.15, -0.1) is 0 Å². The van der Waals surface area contributed by atoms with Gasteiger partial charge in [0.2, 0.25) is 0 Å². The van der Waals surface area contributed by atoms with Gasteiger partial charge in [0.05, 0.1) is 18.2 Å². The Kier molecular flexibility index (Phi) is 4.24. The maximum atomic E-state index is 12.9. The Hall–Kier alpha value is -2.48. The van der Waals surface area contributed by atoms with E-state index >= 15 is 0 Å². The number of amides is 1. The first kappa shape index (κ1) is 15.4. The molecule has 2 aromatic rings. The molecular formula is C15H18N4O4. The highest BCUT2D eigenvalue weighted by atomic mass is 16.5. The van der Waals surface area contributed by atoms with Crippen LogP contribution in [-0.4, -0.2) is 39.6 Å². The van der Waals surface area contributed by atoms with Crippen LogP contribution in [0.4, 0.5) is 0 Å². The normalized spacial score (nSPS) is 17.7. The van der Waals surface area contributed by atoms with E-state index in [1.807, 2.05) is 0 Å². The van der Waals surface area contributed by atoms with Crippen molar-refractivity contribution in [2.24, 2.45) is 0 Å². The molecule has 0 saturated carbocycles. The highest BCUT2D eigenvalue weighted by Gasteiger charge is 2.34. The molecule has 1 aliphatic rings. The Bertz CT molecular complexity index is 767. The van der Waals surface area contributed by atoms with Gasteiger partial charge in [0.15, 0.2) is 5.69 Å². The van der Waals surface area contributed by atoms with Crippen LogP contribution in [0.15, 0.2) is 21.6 Å². The predicted molar refractivity (Wildman–Crippen MR) is 79.8 cm³/mol. The summed E-state index contributed by atoms with van der Waals surface area (Å²) < 4.78 is 10.3. The maximum absolute atomic E-state index is 12.9. The molecule has 3 rings (SSSR count). The predicted octanol–water partition coefficient (Wildman–Crippen LogP) is 1.19. The van der Waals surface area contributed by atoms with Crippen LogP contribution in [0, 0.1) is 6.92 Å². The fourth-order valence-electron chi connectivity index (χ4n) is 2.92. The smallest absolute Gasteiger partial charge is 0.345 e. The van der Waals surface area contributed by atoms with Gasteiger partial charge in [-0.05, 0) is 25.8 Å². The van der Waals surface area contributed by atoms with Crippen LogP contribution in [0.5, 0.6) is 0 Å². The van der Waals surface area contributed by atoms with Gasteiger partial charge in [-0.2, -0.15) is 0 Å². The Morgan fingerprint density at radius 2 is 2.39 bits per heavy atom. The first-order chi connectivity index (χ1) is 11.1. The minimum Gasteiger partial charge on any atom is -0.380 e. The number of rotatable bonds is 4. The minimum atomic E-state index is -0.417. The average Bonchev–Trinajstić information content (AvgIpc) is 3.15. The summed E-state index contributed by atoms with van der Waals surface area (Å²) in [5.74, 6) is 0.359. The van der Waals surface area contributed by atoms with E-state index in [2.05, 4.69) is 15.1 Å². The van der Waals surface area contributed by atoms with Crippen molar-refractivity contribution in [1.82, 2.24) is 20.0 Å². The van der Waals surface area contributed by atoms with Crippen molar-refractivity contribution in [1.29, 1.82) is 0 Å². The molecule has 0 radical (unpaired) electrons. The number of nitrogens with zero attached hydrogens (tertiary/aromatic N) is 3. The molecule has 0 spiro atoms. The molecule has 1 saturated heterocycles. The number of aryl methyl sites for hydroxylation is 1. The zero-order valence-corrected chi connectivity index (χ0v) is 13.0. The second-order valence-electron chi connectivity index (χ2n) is 5.49. The summed E-state index contributed by atoms with van der Waals surface area (Å²) >= 11 is 0. The van der Waals surface area contributed by atoms with E-state index in [4.69, 9.17) is 9.26 Å². The van der Waals surface area contributed by atoms with Gasteiger partial charge in [-0.25, -0.2) is 9.78 Å². The number of H-pyrrole nitrogens is 1. The molecule has 8 nitrogen and oxygen atoms in total. The van der Waals surface area contributed by atoms with Crippen LogP contribution in [0.25, 0.3) is 0 Å². The first-order valence-electron chi connectivity index (χ1n) is 7.42. The number of aromatic amines is 1. The van der Waals surface area contributed by atoms with E-state index in [0.717, 1.165) is 12.8 Å². The monoisotopic (exact) mass is 318 g/mol. The summed E-state index contributed by atoms with van der Waals surface area (Å²) in [6, 6.07) is 1.53. The van der Waals surface area contributed by atoms with Gasteiger partial charge in [-0.1, -0.05) is 5.16 Å². The second kappa shape index (κ2) is 6.33. The largest absolute Gasteiger partial charge is 0.380 e. The minimum absolute atomic E-state index is 0.189. The van der Waals surface area contributed by atoms with Crippen molar-refractivity contribution in [3.05, 3.63) is 45.5 Å². The fraction of sp³-hybridized carbons (Fsp3) is 0.467. The lowest BCUT2D eigenvalue weighted by Gasteiger charge is -2.24. The Morgan fingerprint density at radius 3 is 3.13 bits per heavy atom. The van der Waals surface area contributed by atoms with Gasteiger partial charge in [0.25, 0.3) is 5.91 Å². The number of carbonyl (C=O) groups is 1. The standard InChI is InChI=1S/C15H18N4O4/c1-9-10(8-22-2)13(18-23-9)14(20)19-7-3-4-12(19)11-5-6-16-15(21)17-11/h5-6,12H,3-4,7-8H2,1-2H3,(H,16,17,21). The van der Waals surface area contributed by atoms with E-state index in [-0.39, 0.29) is 24.2 Å². The lowest BCUT2D eigenvalue weighted by molar-refractivity contribution is 0.0718. The molecule has 3 heterocycles. The van der Waals surface area contributed by atoms with Gasteiger partial charge in [0, 0.05) is 25.5 Å². The number of methoxy groups -OCH3 is 1. The molecule has 1 amide bonds. The summed E-state index contributed by atoms with van der Waals surface area (Å²) in [5.41, 5.74) is 1.20. The molecule has 1 atom stereocenters. The highest BCUT2D eigenvalue weighted by molar-refractivity contribution is 5.94. The van der Waals surface area contributed by atoms with Crippen LogP contribution in [0.3, 0.4) is 0 Å². The van der Waals surface area contributed by atoms with Crippen molar-refractivity contribution >= 4 is 5.91 Å². The molecule has 1 N–H and O–H groups in total. The number of nitrogens with one attached hydrogen (secondary N) is 1. The molecular weight excluding hydrogens is 300 g/mol. The number of aromatic nitrogens is 3. The third-order valence-electron chi connectivity index (χ3n) is 4.05. The summed E-state index contributed by atoms with van der Waals surface area (Å²) in [7, 11) is 1.56. The lowest BCUT2D eigenvalue weighted by Crippen LogP contribution is -2.32. The topological polar surface area (TPSA) is 101 Å². The SMILES string of the molecule is COCc1c(C(=O)N2CCCC2c2ccnc(=O)[nH]2)noc1C. The van der Waals surface area contributed by atoms with Gasteiger partial charge < -0.3 is 19.1 Å². The summed E-state index contributed by atoms with van der Waals surface area (Å²) in [6.07, 6.45) is 3.09. The molecule has 2 aromatic heterocycles. The molecule has 0 aromatic carbocycles. The van der Waals surface area contributed by atoms with E-state index < -0.39 is 5.69 Å². The van der Waals surface area contributed by atoms with Crippen molar-refractivity contribution in [3.63, 3.8) is 0 Å². The van der Waals surface area contributed by atoms with Crippen LogP contribution < -0.4 is 5.69 Å². The average molecular weight is 318 g/mol. The van der Waals surface area contributed by atoms with Crippen LogP contribution >= 0.6 is 0 Å². The molecule has 8 heteroatoms. The summed E-state index contributed by atoms with van der Waals surface area (Å²) in [6.45, 7) is 2.62. The zero-order chi connectivity index (χ0) is 16.4. The number of likely N-dealkylation sites (tertiary alicyclic amines) is 1. The number of hydrogen-bond donors (Lipinski definition) is 1. The van der Waals surface area contributed by atoms with E-state index in [1.165, 1.54) is 6.20 Å². The number of ether oxygens (including phenoxy) is 1. The van der Waals surface area contributed by atoms with E-state index in [1.54, 1.807) is 25.0 Å². The van der Waals surface area contributed by atoms with Gasteiger partial charge >= 0.3 is 5.69 Å². The van der Waals surface area contributed by atoms with Gasteiger partial charge in [-0.3, -0.25) is 4.79 Å². The number of carbonyl (C=O) groups excluding carboxylic acids is 1. The summed E-state index contributed by atoms with van der Waals surface area (Å²) in [5, 5.41) is 3.89. The maximum Gasteiger partial charge on any atom is 0.345 e. The molecule has 0 aliphatic carbocycles. The first-order valence-corrected chi connectivity index (χ1v) is 7.42. The Labute approximate surface area is 132 Å². The quantitative estimate of drug-likeness (QED) is 0.908. The highest BCUT2D eigenvalue weighted by Crippen LogP contribution is 2.32. The van der Waals surface area contributed by atoms with Crippen molar-refractivity contribution in [2.75, 3.05) is 13.7 Å². The van der Waals surface area contributed by atoms with Crippen molar-refractivity contribution < 1.29 is 14.1 Å². The second-order valence-corrected chi connectivity index (χ2v) is 5.49. The Balaban J connectivity index is 1.91. The number of hydrogen-bond acceptors (Lipinski definition) is 6. The van der Waals surface area contributed by atoms with E-state index in [9.17, 15) is 9.59 Å². The summed E-state index contributed by atoms with van der Waals surface area (Å²) in [4.78, 5) is 32.3. The van der Waals surface area contributed by atoms with Gasteiger partial charge in [0.1, 0.15) is 5.76 Å². The fourth-order valence-corrected chi connectivity index (χ4v) is 2.92. The molecule has 1 unspecified atom stereocenters. The Morgan fingerprint density at radius 1 is 1.57 bits per heavy atom. The van der Waals surface area contributed by atoms with Crippen LogP contribution in [0.2, 0.25) is 0 Å². The molecule has 122 valence electrons. The molecule has 0 bridgehead atoms.